The normalized spacial score (nSPS) is 10.7. The van der Waals surface area contributed by atoms with Gasteiger partial charge in [-0.3, -0.25) is 9.59 Å². The summed E-state index contributed by atoms with van der Waals surface area (Å²) in [5, 5.41) is 7.27. The quantitative estimate of drug-likeness (QED) is 0.198. The fourth-order valence-corrected chi connectivity index (χ4v) is 3.57. The van der Waals surface area contributed by atoms with E-state index < -0.39 is 0 Å². The number of hydrogen-bond donors (Lipinski definition) is 2. The first kappa shape index (κ1) is 24.7. The van der Waals surface area contributed by atoms with Crippen LogP contribution in [-0.2, 0) is 9.59 Å². The van der Waals surface area contributed by atoms with Crippen molar-refractivity contribution in [3.63, 3.8) is 0 Å². The second kappa shape index (κ2) is 12.4. The van der Waals surface area contributed by atoms with Crippen LogP contribution in [0.25, 0.3) is 0 Å². The maximum absolute atomic E-state index is 12.1. The average molecular weight is 480 g/mol. The fourth-order valence-electron chi connectivity index (χ4n) is 2.83. The molecule has 0 aliphatic rings. The molecule has 1 aromatic heterocycles. The van der Waals surface area contributed by atoms with Crippen molar-refractivity contribution in [3.05, 3.63) is 71.5 Å². The third-order valence-electron chi connectivity index (χ3n) is 4.33. The van der Waals surface area contributed by atoms with Crippen LogP contribution in [-0.4, -0.2) is 47.5 Å². The highest BCUT2D eigenvalue weighted by Gasteiger charge is 2.08. The molecule has 3 aromatic rings. The number of hydrazone groups is 1. The molecule has 176 valence electrons. The van der Waals surface area contributed by atoms with Crippen LogP contribution >= 0.6 is 11.8 Å². The average Bonchev–Trinajstić information content (AvgIpc) is 2.82. The van der Waals surface area contributed by atoms with E-state index in [-0.39, 0.29) is 24.2 Å². The number of amides is 2. The van der Waals surface area contributed by atoms with E-state index in [1.54, 1.807) is 42.5 Å². The van der Waals surface area contributed by atoms with Gasteiger partial charge in [0.15, 0.2) is 11.8 Å². The number of aromatic nitrogens is 2. The van der Waals surface area contributed by atoms with Gasteiger partial charge in [-0.15, -0.1) is 0 Å². The van der Waals surface area contributed by atoms with Gasteiger partial charge in [0.1, 0.15) is 11.5 Å². The predicted molar refractivity (Wildman–Crippen MR) is 132 cm³/mol. The standard InChI is InChI=1S/C24H25N5O4S/c1-16-12-17(2)27-24(26-16)34-15-23(31)29-25-13-18-8-10-19(11-9-18)33-14-22(30)28-20-6-4-5-7-21(20)32-3/h4-13H,14-15H2,1-3H3,(H,28,30)(H,29,31)/b25-13-. The smallest absolute Gasteiger partial charge is 0.262 e. The van der Waals surface area contributed by atoms with E-state index in [1.165, 1.54) is 25.1 Å². The van der Waals surface area contributed by atoms with Crippen molar-refractivity contribution in [2.24, 2.45) is 5.10 Å². The second-order valence-corrected chi connectivity index (χ2v) is 8.06. The van der Waals surface area contributed by atoms with Crippen LogP contribution in [0.2, 0.25) is 0 Å². The topological polar surface area (TPSA) is 115 Å². The molecule has 10 heteroatoms. The Morgan fingerprint density at radius 1 is 1.03 bits per heavy atom. The van der Waals surface area contributed by atoms with E-state index >= 15 is 0 Å². The summed E-state index contributed by atoms with van der Waals surface area (Å²) in [6.45, 7) is 3.62. The molecule has 0 saturated heterocycles. The van der Waals surface area contributed by atoms with Crippen LogP contribution < -0.4 is 20.2 Å². The van der Waals surface area contributed by atoms with Gasteiger partial charge >= 0.3 is 0 Å². The molecule has 3 rings (SSSR count). The highest BCUT2D eigenvalue weighted by Crippen LogP contribution is 2.23. The Morgan fingerprint density at radius 2 is 1.74 bits per heavy atom. The van der Waals surface area contributed by atoms with Gasteiger partial charge in [-0.2, -0.15) is 5.10 Å². The minimum Gasteiger partial charge on any atom is -0.495 e. The number of nitrogens with zero attached hydrogens (tertiary/aromatic N) is 3. The van der Waals surface area contributed by atoms with Crippen molar-refractivity contribution in [1.29, 1.82) is 0 Å². The van der Waals surface area contributed by atoms with E-state index in [0.717, 1.165) is 17.0 Å². The van der Waals surface area contributed by atoms with Gasteiger partial charge in [0.05, 0.1) is 24.8 Å². The van der Waals surface area contributed by atoms with Crippen LogP contribution in [0.15, 0.2) is 64.9 Å². The molecule has 0 radical (unpaired) electrons. The molecule has 2 N–H and O–H groups in total. The number of carbonyl (C=O) groups is 2. The van der Waals surface area contributed by atoms with Crippen molar-refractivity contribution in [2.75, 3.05) is 24.8 Å². The summed E-state index contributed by atoms with van der Waals surface area (Å²) < 4.78 is 10.7. The van der Waals surface area contributed by atoms with Gasteiger partial charge in [-0.1, -0.05) is 23.9 Å². The van der Waals surface area contributed by atoms with Crippen LogP contribution in [0.4, 0.5) is 5.69 Å². The van der Waals surface area contributed by atoms with E-state index in [1.807, 2.05) is 26.0 Å². The Kier molecular flexibility index (Phi) is 8.98. The fraction of sp³-hybridized carbons (Fsp3) is 0.208. The number of thioether (sulfide) groups is 1. The Labute approximate surface area is 202 Å². The van der Waals surface area contributed by atoms with E-state index in [4.69, 9.17) is 9.47 Å². The maximum atomic E-state index is 12.1. The van der Waals surface area contributed by atoms with Crippen molar-refractivity contribution < 1.29 is 19.1 Å². The molecule has 0 unspecified atom stereocenters. The Hall–Kier alpha value is -3.92. The molecule has 0 atom stereocenters. The minimum atomic E-state index is -0.304. The molecule has 2 amide bonds. The first-order chi connectivity index (χ1) is 16.4. The number of nitrogens with one attached hydrogen (secondary N) is 2. The number of hydrogen-bond acceptors (Lipinski definition) is 8. The van der Waals surface area contributed by atoms with Crippen LogP contribution in [0.5, 0.6) is 11.5 Å². The van der Waals surface area contributed by atoms with Crippen LogP contribution in [0, 0.1) is 13.8 Å². The van der Waals surface area contributed by atoms with Gasteiger partial charge in [0.2, 0.25) is 0 Å². The summed E-state index contributed by atoms with van der Waals surface area (Å²) in [6, 6.07) is 16.0. The summed E-state index contributed by atoms with van der Waals surface area (Å²) in [6.07, 6.45) is 1.52. The second-order valence-electron chi connectivity index (χ2n) is 7.12. The molecular formula is C24H25N5O4S. The van der Waals surface area contributed by atoms with Crippen molar-refractivity contribution >= 4 is 35.5 Å². The number of anilines is 1. The highest BCUT2D eigenvalue weighted by molar-refractivity contribution is 7.99. The van der Waals surface area contributed by atoms with Crippen molar-refractivity contribution in [3.8, 4) is 11.5 Å². The monoisotopic (exact) mass is 479 g/mol. The Balaban J connectivity index is 1.41. The van der Waals surface area contributed by atoms with E-state index in [9.17, 15) is 9.59 Å². The van der Waals surface area contributed by atoms with Gasteiger partial charge in [-0.05, 0) is 61.9 Å². The molecule has 0 aliphatic carbocycles. The number of rotatable bonds is 10. The number of carbonyl (C=O) groups excluding carboxylic acids is 2. The summed E-state index contributed by atoms with van der Waals surface area (Å²) in [5.41, 5.74) is 5.53. The first-order valence-corrected chi connectivity index (χ1v) is 11.3. The number of aryl methyl sites for hydroxylation is 2. The predicted octanol–water partition coefficient (Wildman–Crippen LogP) is 3.36. The molecule has 0 aliphatic heterocycles. The van der Waals surface area contributed by atoms with Gasteiger partial charge < -0.3 is 14.8 Å². The van der Waals surface area contributed by atoms with Crippen molar-refractivity contribution in [1.82, 2.24) is 15.4 Å². The molecular weight excluding hydrogens is 454 g/mol. The third kappa shape index (κ3) is 7.89. The molecule has 1 heterocycles. The van der Waals surface area contributed by atoms with Gasteiger partial charge in [-0.25, -0.2) is 15.4 Å². The SMILES string of the molecule is COc1ccccc1NC(=O)COc1ccc(/C=N\NC(=O)CSc2nc(C)cc(C)n2)cc1. The lowest BCUT2D eigenvalue weighted by atomic mass is 10.2. The van der Waals surface area contributed by atoms with Gasteiger partial charge in [0, 0.05) is 11.4 Å². The van der Waals surface area contributed by atoms with E-state index in [2.05, 4.69) is 25.8 Å². The summed E-state index contributed by atoms with van der Waals surface area (Å²) >= 11 is 1.25. The maximum Gasteiger partial charge on any atom is 0.262 e. The molecule has 0 spiro atoms. The number of methoxy groups -OCH3 is 1. The Bertz CT molecular complexity index is 1150. The Morgan fingerprint density at radius 3 is 2.44 bits per heavy atom. The molecule has 9 nitrogen and oxygen atoms in total. The van der Waals surface area contributed by atoms with Crippen LogP contribution in [0.1, 0.15) is 17.0 Å². The number of benzene rings is 2. The molecule has 0 fully saturated rings. The molecule has 0 bridgehead atoms. The summed E-state index contributed by atoms with van der Waals surface area (Å²) in [4.78, 5) is 32.7. The van der Waals surface area contributed by atoms with Crippen LogP contribution in [0.3, 0.4) is 0 Å². The first-order valence-electron chi connectivity index (χ1n) is 10.4. The number of para-hydroxylation sites is 2. The zero-order chi connectivity index (χ0) is 24.3. The molecule has 2 aromatic carbocycles. The van der Waals surface area contributed by atoms with Gasteiger partial charge in [0.25, 0.3) is 11.8 Å². The minimum absolute atomic E-state index is 0.149. The zero-order valence-electron chi connectivity index (χ0n) is 19.1. The van der Waals surface area contributed by atoms with E-state index in [0.29, 0.717) is 22.3 Å². The van der Waals surface area contributed by atoms with Crippen molar-refractivity contribution in [2.45, 2.75) is 19.0 Å². The lowest BCUT2D eigenvalue weighted by molar-refractivity contribution is -0.119. The largest absolute Gasteiger partial charge is 0.495 e. The molecule has 34 heavy (non-hydrogen) atoms. The lowest BCUT2D eigenvalue weighted by Gasteiger charge is -2.10. The summed E-state index contributed by atoms with van der Waals surface area (Å²) in [5.74, 6) is 0.696. The molecule has 0 saturated carbocycles. The highest BCUT2D eigenvalue weighted by atomic mass is 32.2. The third-order valence-corrected chi connectivity index (χ3v) is 5.18. The number of ether oxygens (including phenoxy) is 2. The summed E-state index contributed by atoms with van der Waals surface area (Å²) in [7, 11) is 1.54. The lowest BCUT2D eigenvalue weighted by Crippen LogP contribution is -2.20. The zero-order valence-corrected chi connectivity index (χ0v) is 19.9.